The summed E-state index contributed by atoms with van der Waals surface area (Å²) in [7, 11) is 0. The molecule has 1 N–H and O–H groups in total. The van der Waals surface area contributed by atoms with Gasteiger partial charge in [0.1, 0.15) is 0 Å². The second-order valence-corrected chi connectivity index (χ2v) is 1.66. The molecule has 0 aromatic rings. The second kappa shape index (κ2) is 129. The maximum atomic E-state index is 8.00. The van der Waals surface area contributed by atoms with Crippen molar-refractivity contribution >= 4 is 0 Å². The molecule has 0 aromatic carbocycles. The molecule has 14 heteroatoms. The number of azide groups is 1. The zero-order valence-electron chi connectivity index (χ0n) is 9.45. The van der Waals surface area contributed by atoms with Crippen molar-refractivity contribution in [3.8, 4) is 0 Å². The van der Waals surface area contributed by atoms with Crippen LogP contribution in [0, 0.1) is 0 Å². The van der Waals surface area contributed by atoms with E-state index in [1.165, 1.54) is 0 Å². The van der Waals surface area contributed by atoms with Crippen molar-refractivity contribution in [2.45, 2.75) is 13.3 Å². The van der Waals surface area contributed by atoms with Crippen molar-refractivity contribution in [1.82, 2.24) is 5.32 Å². The first kappa shape index (κ1) is 36.0. The molecule has 0 heterocycles. The summed E-state index contributed by atoms with van der Waals surface area (Å²) in [5.41, 5.74) is 7.86. The summed E-state index contributed by atoms with van der Waals surface area (Å²) in [6, 6.07) is 0. The molecule has 0 amide bonds. The first-order valence-electron chi connectivity index (χ1n) is 3.84. The Morgan fingerprint density at radius 2 is 1.26 bits per heavy atom. The molecule has 4 nitrogen and oxygen atoms in total. The van der Waals surface area contributed by atoms with Gasteiger partial charge in [-0.2, -0.15) is 0 Å². The van der Waals surface area contributed by atoms with Gasteiger partial charge in [0, 0.05) is 57.2 Å². The highest BCUT2D eigenvalue weighted by atomic mass is 20.0. The predicted molar refractivity (Wildman–Crippen MR) is 48.3 cm³/mol. The monoisotopic (exact) mass is 318 g/mol. The summed E-state index contributed by atoms with van der Waals surface area (Å²) >= 11 is 0. The van der Waals surface area contributed by atoms with Gasteiger partial charge in [0.2, 0.25) is 0 Å². The molecule has 122 valence electrons. The van der Waals surface area contributed by atoms with Crippen LogP contribution in [0.15, 0.2) is 5.11 Å². The van der Waals surface area contributed by atoms with E-state index in [0.29, 0.717) is 6.54 Å². The average molecular weight is 318 g/mol. The molecular formula is C5H12F10N4. The molecular weight excluding hydrogens is 306 g/mol. The minimum absolute atomic E-state index is 0.601. The van der Waals surface area contributed by atoms with Gasteiger partial charge in [-0.25, -0.2) is 0 Å². The molecule has 19 heavy (non-hydrogen) atoms. The molecule has 0 aliphatic carbocycles. The van der Waals surface area contributed by atoms with Gasteiger partial charge in [-0.15, -0.1) is 0 Å². The smallest absolute Gasteiger partial charge is 0.0269 e. The van der Waals surface area contributed by atoms with Crippen LogP contribution in [-0.4, -0.2) is 19.6 Å². The Bertz CT molecular complexity index is 114. The van der Waals surface area contributed by atoms with E-state index in [9.17, 15) is 0 Å². The number of nitrogens with zero attached hydrogens (tertiary/aromatic N) is 3. The van der Waals surface area contributed by atoms with Crippen LogP contribution in [0.5, 0.6) is 0 Å². The number of hydrogen-bond donors (Lipinski definition) is 1. The lowest BCUT2D eigenvalue weighted by molar-refractivity contribution is 0.108. The Morgan fingerprint density at radius 3 is 1.53 bits per heavy atom. The first-order chi connectivity index (χ1) is 9.41. The minimum atomic E-state index is 0.601. The van der Waals surface area contributed by atoms with E-state index in [2.05, 4.69) is 15.3 Å². The number of nitrogens with one attached hydrogen (secondary N) is 1. The van der Waals surface area contributed by atoms with Crippen molar-refractivity contribution in [3.63, 3.8) is 0 Å². The third kappa shape index (κ3) is 168. The highest BCUT2D eigenvalue weighted by Gasteiger charge is 1.80. The Balaban J connectivity index is -0.0000000356. The van der Waals surface area contributed by atoms with Crippen LogP contribution < -0.4 is 5.32 Å². The van der Waals surface area contributed by atoms with Crippen molar-refractivity contribution < 1.29 is 45.7 Å². The first-order valence-corrected chi connectivity index (χ1v) is 3.84. The van der Waals surface area contributed by atoms with Gasteiger partial charge in [0.05, 0.1) is 0 Å². The summed E-state index contributed by atoms with van der Waals surface area (Å²) in [5, 5.41) is 6.51. The lowest BCUT2D eigenvalue weighted by atomic mass is 10.4. The lowest BCUT2D eigenvalue weighted by Crippen LogP contribution is -2.14. The molecule has 0 spiro atoms. The highest BCUT2D eigenvalue weighted by Crippen LogP contribution is 1.77. The summed E-state index contributed by atoms with van der Waals surface area (Å²) < 4.78 is 80.0. The molecule has 0 atom stereocenters. The number of rotatable bonds is 5. The fourth-order valence-corrected chi connectivity index (χ4v) is 0.496. The van der Waals surface area contributed by atoms with Crippen LogP contribution in [0.1, 0.15) is 13.3 Å². The second-order valence-electron chi connectivity index (χ2n) is 1.66. The van der Waals surface area contributed by atoms with E-state index in [0.717, 1.165) is 19.5 Å². The van der Waals surface area contributed by atoms with Crippen LogP contribution in [0.3, 0.4) is 0 Å². The molecule has 0 aromatic heterocycles. The minimum Gasteiger partial charge on any atom is -0.317 e. The van der Waals surface area contributed by atoms with Crippen LogP contribution in [0.2, 0.25) is 0 Å². The van der Waals surface area contributed by atoms with Crippen LogP contribution in [0.25, 0.3) is 10.4 Å². The van der Waals surface area contributed by atoms with Crippen molar-refractivity contribution in [2.24, 2.45) is 5.11 Å². The average Bonchev–Trinajstić information content (AvgIpc) is 2.57. The van der Waals surface area contributed by atoms with Crippen LogP contribution in [0.4, 0.5) is 45.7 Å². The number of halogens is 10. The maximum Gasteiger partial charge on any atom is 0.0269 e. The van der Waals surface area contributed by atoms with E-state index in [-0.39, 0.29) is 0 Å². The largest absolute Gasteiger partial charge is 0.317 e. The quantitative estimate of drug-likeness (QED) is 0.235. The maximum absolute atomic E-state index is 8.00. The van der Waals surface area contributed by atoms with Crippen molar-refractivity contribution in [1.29, 1.82) is 0 Å². The molecule has 0 unspecified atom stereocenters. The molecule has 0 aliphatic heterocycles. The summed E-state index contributed by atoms with van der Waals surface area (Å²) in [4.78, 5) is 2.63. The van der Waals surface area contributed by atoms with Crippen molar-refractivity contribution in [2.75, 3.05) is 19.6 Å². The fourth-order valence-electron chi connectivity index (χ4n) is 0.496. The Hall–Kier alpha value is -1.43. The van der Waals surface area contributed by atoms with E-state index in [1.807, 2.05) is 6.92 Å². The van der Waals surface area contributed by atoms with E-state index >= 15 is 0 Å². The zero-order valence-corrected chi connectivity index (χ0v) is 9.45. The van der Waals surface area contributed by atoms with E-state index in [1.54, 1.807) is 0 Å². The molecule has 0 fully saturated rings. The summed E-state index contributed by atoms with van der Waals surface area (Å²) in [5.74, 6) is 0. The molecule has 0 aliphatic rings. The molecule has 0 rings (SSSR count). The van der Waals surface area contributed by atoms with Gasteiger partial charge in [-0.1, -0.05) is 12.0 Å². The van der Waals surface area contributed by atoms with Crippen LogP contribution in [-0.2, 0) is 0 Å². The molecule has 0 radical (unpaired) electrons. The van der Waals surface area contributed by atoms with E-state index < -0.39 is 0 Å². The van der Waals surface area contributed by atoms with Gasteiger partial charge in [-0.05, 0) is 25.0 Å². The summed E-state index contributed by atoms with van der Waals surface area (Å²) in [6.45, 7) is 4.57. The topological polar surface area (TPSA) is 60.8 Å². The molecule has 0 saturated carbocycles. The zero-order chi connectivity index (χ0) is 16.9. The Labute approximate surface area is 101 Å². The lowest BCUT2D eigenvalue weighted by Gasteiger charge is -1.95. The van der Waals surface area contributed by atoms with E-state index in [4.69, 9.17) is 51.3 Å². The SMILES string of the molecule is CCNCCCN=[N+]=[N-].FF.FF.FF.FF.FF. The third-order valence-corrected chi connectivity index (χ3v) is 0.925. The Kier molecular flexibility index (Phi) is 246. The van der Waals surface area contributed by atoms with Gasteiger partial charge < -0.3 is 5.32 Å². The standard InChI is InChI=1S/C5H12N4.5F2/c1-2-7-4-3-5-8-9-6;5*1-2/h7H,2-5H2,1H3;;;;;. The molecule has 0 bridgehead atoms. The number of hydrogen-bond acceptors (Lipinski definition) is 2. The van der Waals surface area contributed by atoms with Gasteiger partial charge in [-0.3, -0.25) is 0 Å². The molecule has 0 saturated heterocycles. The Morgan fingerprint density at radius 1 is 0.895 bits per heavy atom. The highest BCUT2D eigenvalue weighted by molar-refractivity contribution is 4.49. The van der Waals surface area contributed by atoms with Gasteiger partial charge >= 0.3 is 0 Å². The predicted octanol–water partition coefficient (Wildman–Crippen LogP) is 5.50. The van der Waals surface area contributed by atoms with Crippen LogP contribution >= 0.6 is 0 Å². The van der Waals surface area contributed by atoms with Crippen molar-refractivity contribution in [3.05, 3.63) is 10.4 Å². The van der Waals surface area contributed by atoms with Gasteiger partial charge in [0.25, 0.3) is 0 Å². The normalized spacial score (nSPS) is 5.63. The fraction of sp³-hybridized carbons (Fsp3) is 1.00. The summed E-state index contributed by atoms with van der Waals surface area (Å²) in [6.07, 6.45) is 0.928. The third-order valence-electron chi connectivity index (χ3n) is 0.925. The van der Waals surface area contributed by atoms with Gasteiger partial charge in [0.15, 0.2) is 0 Å².